The summed E-state index contributed by atoms with van der Waals surface area (Å²) in [4.78, 5) is 2.35. The number of anilines is 3. The summed E-state index contributed by atoms with van der Waals surface area (Å²) in [7, 11) is 0. The lowest BCUT2D eigenvalue weighted by Gasteiger charge is -2.28. The van der Waals surface area contributed by atoms with Gasteiger partial charge in [0.1, 0.15) is 22.7 Å². The van der Waals surface area contributed by atoms with Gasteiger partial charge in [0.25, 0.3) is 0 Å². The Morgan fingerprint density at radius 2 is 1.09 bits per heavy atom. The molecule has 2 heterocycles. The maximum atomic E-state index is 6.27. The number of benzene rings is 8. The molecule has 0 N–H and O–H groups in total. The van der Waals surface area contributed by atoms with Crippen molar-refractivity contribution in [2.75, 3.05) is 4.90 Å². The Morgan fingerprint density at radius 3 is 1.87 bits per heavy atom. The van der Waals surface area contributed by atoms with Crippen LogP contribution < -0.4 is 9.64 Å². The van der Waals surface area contributed by atoms with Gasteiger partial charge in [-0.2, -0.15) is 0 Å². The maximum Gasteiger partial charge on any atom is 0.136 e. The minimum atomic E-state index is 0.180. The molecule has 1 aliphatic carbocycles. The Hall–Kier alpha value is -7.10. The van der Waals surface area contributed by atoms with Gasteiger partial charge in [-0.05, 0) is 105 Å². The first-order chi connectivity index (χ1) is 27.2. The van der Waals surface area contributed by atoms with Gasteiger partial charge in [-0.25, -0.2) is 0 Å². The van der Waals surface area contributed by atoms with E-state index in [1.807, 2.05) is 18.2 Å². The zero-order valence-corrected chi connectivity index (χ0v) is 30.0. The van der Waals surface area contributed by atoms with Crippen LogP contribution in [-0.2, 0) is 0 Å². The second-order valence-electron chi connectivity index (χ2n) is 14.5. The van der Waals surface area contributed by atoms with Gasteiger partial charge in [0.2, 0.25) is 0 Å². The maximum absolute atomic E-state index is 6.27. The number of hydrogen-bond acceptors (Lipinski definition) is 3. The van der Waals surface area contributed by atoms with Crippen molar-refractivity contribution in [2.24, 2.45) is 0 Å². The van der Waals surface area contributed by atoms with E-state index in [0.29, 0.717) is 0 Å². The van der Waals surface area contributed by atoms with Crippen LogP contribution in [0.5, 0.6) is 5.75 Å². The molecule has 2 atom stereocenters. The summed E-state index contributed by atoms with van der Waals surface area (Å²) in [6.45, 7) is 0. The fraction of sp³-hybridized carbons (Fsp3) is 0.0385. The van der Waals surface area contributed by atoms with Crippen LogP contribution in [0.1, 0.15) is 23.0 Å². The first kappa shape index (κ1) is 31.4. The van der Waals surface area contributed by atoms with E-state index in [2.05, 4.69) is 187 Å². The molecule has 260 valence electrons. The van der Waals surface area contributed by atoms with Crippen LogP contribution in [0, 0.1) is 0 Å². The standard InChI is InChI=1S/C52H35NO2/c1-2-9-34(10-3-1)35-19-26-40(27-20-35)53(42-30-23-37(24-31-42)43-13-8-16-49-51(43)44-11-4-6-14-47(44)54-49)41-28-21-36(22-29-41)39-18-17-38-25-32-50-52(46(38)33-39)45-12-5-7-15-48(45)55-50/h1-33,43,51H. The second-order valence-corrected chi connectivity index (χ2v) is 14.5. The van der Waals surface area contributed by atoms with E-state index >= 15 is 0 Å². The zero-order valence-electron chi connectivity index (χ0n) is 30.0. The molecule has 3 nitrogen and oxygen atoms in total. The third kappa shape index (κ3) is 5.35. The monoisotopic (exact) mass is 705 g/mol. The number of hydrogen-bond donors (Lipinski definition) is 0. The number of furan rings is 1. The largest absolute Gasteiger partial charge is 0.461 e. The summed E-state index contributed by atoms with van der Waals surface area (Å²) in [5.41, 5.74) is 12.4. The van der Waals surface area contributed by atoms with Crippen molar-refractivity contribution < 1.29 is 9.15 Å². The highest BCUT2D eigenvalue weighted by Crippen LogP contribution is 2.51. The molecule has 8 aromatic carbocycles. The van der Waals surface area contributed by atoms with Gasteiger partial charge >= 0.3 is 0 Å². The molecule has 2 aliphatic rings. The molecule has 0 spiro atoms. The van der Waals surface area contributed by atoms with Crippen LogP contribution in [0.3, 0.4) is 0 Å². The van der Waals surface area contributed by atoms with Crippen molar-refractivity contribution >= 4 is 49.8 Å². The Bertz CT molecular complexity index is 2940. The van der Waals surface area contributed by atoms with Crippen LogP contribution in [0.15, 0.2) is 210 Å². The van der Waals surface area contributed by atoms with E-state index in [1.165, 1.54) is 44.0 Å². The quantitative estimate of drug-likeness (QED) is 0.172. The van der Waals surface area contributed by atoms with Gasteiger partial charge in [-0.15, -0.1) is 0 Å². The average molecular weight is 706 g/mol. The topological polar surface area (TPSA) is 25.6 Å². The highest BCUT2D eigenvalue weighted by atomic mass is 16.5. The summed E-state index contributed by atoms with van der Waals surface area (Å²) in [5.74, 6) is 2.36. The van der Waals surface area contributed by atoms with E-state index < -0.39 is 0 Å². The summed E-state index contributed by atoms with van der Waals surface area (Å²) < 4.78 is 12.5. The van der Waals surface area contributed by atoms with Gasteiger partial charge in [0, 0.05) is 39.3 Å². The first-order valence-corrected chi connectivity index (χ1v) is 18.9. The number of allylic oxidation sites excluding steroid dienone is 4. The summed E-state index contributed by atoms with van der Waals surface area (Å²) >= 11 is 0. The number of para-hydroxylation sites is 2. The molecule has 0 saturated carbocycles. The SMILES string of the molecule is C1=CC(c2ccc(N(c3ccc(-c4ccccc4)cc3)c3ccc(-c4ccc5ccc6oc7ccccc7c6c5c4)cc3)cc2)C2C(=C1)Oc1ccccc12. The van der Waals surface area contributed by atoms with Crippen molar-refractivity contribution in [3.05, 3.63) is 217 Å². The molecule has 0 bridgehead atoms. The van der Waals surface area contributed by atoms with Crippen LogP contribution in [0.2, 0.25) is 0 Å². The Balaban J connectivity index is 0.966. The predicted molar refractivity (Wildman–Crippen MR) is 227 cm³/mol. The molecule has 0 saturated heterocycles. The van der Waals surface area contributed by atoms with Crippen LogP contribution >= 0.6 is 0 Å². The molecule has 0 amide bonds. The highest BCUT2D eigenvalue weighted by Gasteiger charge is 2.36. The lowest BCUT2D eigenvalue weighted by molar-refractivity contribution is 0.416. The molecule has 1 aromatic heterocycles. The number of ether oxygens (including phenoxy) is 1. The molecular formula is C52H35NO2. The van der Waals surface area contributed by atoms with E-state index in [1.54, 1.807) is 0 Å². The van der Waals surface area contributed by atoms with E-state index in [0.717, 1.165) is 50.7 Å². The molecule has 55 heavy (non-hydrogen) atoms. The Morgan fingerprint density at radius 1 is 0.473 bits per heavy atom. The van der Waals surface area contributed by atoms with Crippen LogP contribution in [0.25, 0.3) is 55.0 Å². The zero-order chi connectivity index (χ0) is 36.3. The molecule has 0 radical (unpaired) electrons. The van der Waals surface area contributed by atoms with Crippen LogP contribution in [0.4, 0.5) is 17.1 Å². The normalized spacial score (nSPS) is 15.8. The minimum absolute atomic E-state index is 0.180. The second kappa shape index (κ2) is 12.8. The number of fused-ring (bicyclic) bond motifs is 8. The number of nitrogens with zero attached hydrogens (tertiary/aromatic N) is 1. The third-order valence-corrected chi connectivity index (χ3v) is 11.3. The molecular weight excluding hydrogens is 671 g/mol. The molecule has 1 aliphatic heterocycles. The van der Waals surface area contributed by atoms with Crippen molar-refractivity contribution in [3.63, 3.8) is 0 Å². The molecule has 0 fully saturated rings. The molecule has 9 aromatic rings. The molecule has 3 heteroatoms. The fourth-order valence-electron chi connectivity index (χ4n) is 8.62. The van der Waals surface area contributed by atoms with Gasteiger partial charge in [-0.3, -0.25) is 0 Å². The van der Waals surface area contributed by atoms with Gasteiger partial charge < -0.3 is 14.1 Å². The lowest BCUT2D eigenvalue weighted by Crippen LogP contribution is -2.13. The molecule has 11 rings (SSSR count). The van der Waals surface area contributed by atoms with Gasteiger partial charge in [-0.1, -0.05) is 133 Å². The third-order valence-electron chi connectivity index (χ3n) is 11.3. The fourth-order valence-corrected chi connectivity index (χ4v) is 8.62. The highest BCUT2D eigenvalue weighted by molar-refractivity contribution is 6.19. The van der Waals surface area contributed by atoms with E-state index in [9.17, 15) is 0 Å². The van der Waals surface area contributed by atoms with Crippen molar-refractivity contribution in [1.29, 1.82) is 0 Å². The van der Waals surface area contributed by atoms with Gasteiger partial charge in [0.05, 0.1) is 5.92 Å². The predicted octanol–water partition coefficient (Wildman–Crippen LogP) is 14.3. The summed E-state index contributed by atoms with van der Waals surface area (Å²) in [6, 6.07) is 65.2. The van der Waals surface area contributed by atoms with Crippen molar-refractivity contribution in [3.8, 4) is 28.0 Å². The van der Waals surface area contributed by atoms with Crippen molar-refractivity contribution in [1.82, 2.24) is 0 Å². The summed E-state index contributed by atoms with van der Waals surface area (Å²) in [5, 5.41) is 4.72. The minimum Gasteiger partial charge on any atom is -0.461 e. The number of rotatable bonds is 6. The summed E-state index contributed by atoms with van der Waals surface area (Å²) in [6.07, 6.45) is 6.55. The lowest BCUT2D eigenvalue weighted by atomic mass is 9.78. The molecule has 2 unspecified atom stereocenters. The van der Waals surface area contributed by atoms with E-state index in [4.69, 9.17) is 9.15 Å². The smallest absolute Gasteiger partial charge is 0.136 e. The first-order valence-electron chi connectivity index (χ1n) is 18.9. The van der Waals surface area contributed by atoms with E-state index in [-0.39, 0.29) is 11.8 Å². The van der Waals surface area contributed by atoms with Crippen LogP contribution in [-0.4, -0.2) is 0 Å². The average Bonchev–Trinajstić information content (AvgIpc) is 3.84. The Kier molecular flexibility index (Phi) is 7.31. The Labute approximate surface area is 319 Å². The van der Waals surface area contributed by atoms with Crippen molar-refractivity contribution in [2.45, 2.75) is 11.8 Å². The van der Waals surface area contributed by atoms with Gasteiger partial charge in [0.15, 0.2) is 0 Å².